The van der Waals surface area contributed by atoms with Crippen molar-refractivity contribution in [3.63, 3.8) is 0 Å². The monoisotopic (exact) mass is 335 g/mol. The van der Waals surface area contributed by atoms with Crippen LogP contribution < -0.4 is 0 Å². The van der Waals surface area contributed by atoms with E-state index in [0.29, 0.717) is 38.0 Å². The molecule has 1 aromatic rings. The highest BCUT2D eigenvalue weighted by molar-refractivity contribution is 5.76. The summed E-state index contributed by atoms with van der Waals surface area (Å²) in [6, 6.07) is 0.689. The van der Waals surface area contributed by atoms with Crippen LogP contribution in [0.25, 0.3) is 0 Å². The Labute approximate surface area is 143 Å². The summed E-state index contributed by atoms with van der Waals surface area (Å²) < 4.78 is 6.26. The van der Waals surface area contributed by atoms with Gasteiger partial charge in [0.1, 0.15) is 0 Å². The number of H-pyrrole nitrogens is 1. The van der Waals surface area contributed by atoms with Crippen molar-refractivity contribution in [3.05, 3.63) is 18.2 Å². The van der Waals surface area contributed by atoms with E-state index < -0.39 is 11.7 Å². The summed E-state index contributed by atoms with van der Waals surface area (Å²) in [6.45, 7) is 11.0. The first-order valence-electron chi connectivity index (χ1n) is 8.88. The van der Waals surface area contributed by atoms with E-state index in [4.69, 9.17) is 4.74 Å². The van der Waals surface area contributed by atoms with E-state index in [9.17, 15) is 5.11 Å². The third kappa shape index (κ3) is 3.57. The van der Waals surface area contributed by atoms with Gasteiger partial charge in [-0.2, -0.15) is 0 Å². The molecule has 2 N–H and O–H groups in total. The average molecular weight is 335 g/mol. The van der Waals surface area contributed by atoms with Crippen molar-refractivity contribution >= 4 is 6.02 Å². The molecule has 0 unspecified atom stereocenters. The minimum Gasteiger partial charge on any atom is -0.452 e. The number of ether oxygens (including phenoxy) is 1. The van der Waals surface area contributed by atoms with Crippen molar-refractivity contribution in [2.24, 2.45) is 10.9 Å². The third-order valence-corrected chi connectivity index (χ3v) is 4.67. The van der Waals surface area contributed by atoms with Crippen molar-refractivity contribution in [2.75, 3.05) is 32.7 Å². The molecule has 7 heteroatoms. The Morgan fingerprint density at radius 1 is 1.50 bits per heavy atom. The van der Waals surface area contributed by atoms with Crippen molar-refractivity contribution < 1.29 is 9.84 Å². The van der Waals surface area contributed by atoms with E-state index in [1.54, 1.807) is 6.33 Å². The molecule has 24 heavy (non-hydrogen) atoms. The van der Waals surface area contributed by atoms with E-state index in [0.717, 1.165) is 25.3 Å². The standard InChI is InChI=1S/C17H29N5O2/c1-4-19-16-22(8-13(2)3)11-17(24-16)10-21(6-5-15(17)23)9-14-7-18-12-20-14/h7,12-13,15,23H,4-6,8-11H2,1-3H3,(H,18,20)/t15-,17+/m0/s1. The maximum Gasteiger partial charge on any atom is 0.288 e. The first kappa shape index (κ1) is 17.2. The van der Waals surface area contributed by atoms with Crippen LogP contribution in [0, 0.1) is 5.92 Å². The molecular formula is C17H29N5O2. The molecule has 0 aromatic carbocycles. The van der Waals surface area contributed by atoms with Crippen LogP contribution in [0.1, 0.15) is 32.9 Å². The molecule has 3 rings (SSSR count). The van der Waals surface area contributed by atoms with Crippen LogP contribution >= 0.6 is 0 Å². The third-order valence-electron chi connectivity index (χ3n) is 4.67. The summed E-state index contributed by atoms with van der Waals surface area (Å²) in [7, 11) is 0. The molecule has 0 amide bonds. The lowest BCUT2D eigenvalue weighted by atomic mass is 9.89. The van der Waals surface area contributed by atoms with Gasteiger partial charge in [-0.05, 0) is 19.3 Å². The lowest BCUT2D eigenvalue weighted by molar-refractivity contribution is -0.0958. The molecule has 2 aliphatic rings. The molecule has 0 radical (unpaired) electrons. The van der Waals surface area contributed by atoms with Crippen LogP contribution in [0.4, 0.5) is 0 Å². The largest absolute Gasteiger partial charge is 0.452 e. The number of aliphatic hydroxyl groups is 1. The Morgan fingerprint density at radius 2 is 2.33 bits per heavy atom. The van der Waals surface area contributed by atoms with Crippen LogP contribution in [0.3, 0.4) is 0 Å². The SMILES string of the molecule is CCN=C1O[C@]2(CN(Cc3cnc[nH]3)CC[C@@H]2O)CN1CC(C)C. The van der Waals surface area contributed by atoms with Crippen LogP contribution in [0.15, 0.2) is 17.5 Å². The van der Waals surface area contributed by atoms with Gasteiger partial charge in [-0.15, -0.1) is 0 Å². The predicted molar refractivity (Wildman–Crippen MR) is 92.7 cm³/mol. The van der Waals surface area contributed by atoms with Gasteiger partial charge in [0.05, 0.1) is 19.0 Å². The van der Waals surface area contributed by atoms with Gasteiger partial charge in [-0.1, -0.05) is 13.8 Å². The second kappa shape index (κ2) is 7.11. The molecular weight excluding hydrogens is 306 g/mol. The summed E-state index contributed by atoms with van der Waals surface area (Å²) >= 11 is 0. The van der Waals surface area contributed by atoms with Crippen molar-refractivity contribution in [1.82, 2.24) is 19.8 Å². The molecule has 2 aliphatic heterocycles. The fourth-order valence-electron chi connectivity index (χ4n) is 3.65. The molecule has 134 valence electrons. The highest BCUT2D eigenvalue weighted by Crippen LogP contribution is 2.33. The number of hydrogen-bond acceptors (Lipinski definition) is 5. The number of aromatic nitrogens is 2. The van der Waals surface area contributed by atoms with E-state index in [-0.39, 0.29) is 0 Å². The quantitative estimate of drug-likeness (QED) is 0.842. The smallest absolute Gasteiger partial charge is 0.288 e. The first-order valence-corrected chi connectivity index (χ1v) is 8.88. The number of rotatable bonds is 5. The summed E-state index contributed by atoms with van der Waals surface area (Å²) in [5.74, 6) is 0.521. The molecule has 0 bridgehead atoms. The number of piperidine rings is 1. The molecule has 7 nitrogen and oxygen atoms in total. The van der Waals surface area contributed by atoms with Gasteiger partial charge in [0.2, 0.25) is 0 Å². The zero-order valence-electron chi connectivity index (χ0n) is 14.9. The van der Waals surface area contributed by atoms with Crippen molar-refractivity contribution in [2.45, 2.75) is 45.4 Å². The number of amidine groups is 1. The van der Waals surface area contributed by atoms with E-state index in [1.807, 2.05) is 13.1 Å². The van der Waals surface area contributed by atoms with Crippen LogP contribution in [-0.2, 0) is 11.3 Å². The highest BCUT2D eigenvalue weighted by atomic mass is 16.6. The van der Waals surface area contributed by atoms with Crippen LogP contribution in [0.2, 0.25) is 0 Å². The lowest BCUT2D eigenvalue weighted by Crippen LogP contribution is -2.59. The van der Waals surface area contributed by atoms with E-state index >= 15 is 0 Å². The Bertz CT molecular complexity index is 559. The first-order chi connectivity index (χ1) is 11.5. The average Bonchev–Trinajstić information content (AvgIpc) is 3.13. The number of aliphatic imine (C=N–C) groups is 1. The van der Waals surface area contributed by atoms with Gasteiger partial charge in [0.15, 0.2) is 5.60 Å². The van der Waals surface area contributed by atoms with Crippen molar-refractivity contribution in [3.8, 4) is 0 Å². The van der Waals surface area contributed by atoms with Gasteiger partial charge in [-0.3, -0.25) is 4.90 Å². The molecule has 2 atom stereocenters. The molecule has 1 spiro atoms. The summed E-state index contributed by atoms with van der Waals surface area (Å²) in [4.78, 5) is 16.3. The second-order valence-electron chi connectivity index (χ2n) is 7.29. The fourth-order valence-corrected chi connectivity index (χ4v) is 3.65. The van der Waals surface area contributed by atoms with E-state index in [1.165, 1.54) is 0 Å². The zero-order valence-corrected chi connectivity index (χ0v) is 14.9. The molecule has 0 saturated carbocycles. The Kier molecular flexibility index (Phi) is 5.10. The zero-order chi connectivity index (χ0) is 17.2. The summed E-state index contributed by atoms with van der Waals surface area (Å²) in [5, 5.41) is 10.7. The number of likely N-dealkylation sites (tertiary alicyclic amines) is 1. The van der Waals surface area contributed by atoms with Gasteiger partial charge >= 0.3 is 0 Å². The van der Waals surface area contributed by atoms with Crippen LogP contribution in [-0.4, -0.2) is 75.3 Å². The number of aromatic amines is 1. The van der Waals surface area contributed by atoms with Gasteiger partial charge in [-0.25, -0.2) is 9.98 Å². The number of hydrogen-bond donors (Lipinski definition) is 2. The summed E-state index contributed by atoms with van der Waals surface area (Å²) in [5.41, 5.74) is 0.502. The minimum atomic E-state index is -0.582. The van der Waals surface area contributed by atoms with Crippen molar-refractivity contribution in [1.29, 1.82) is 0 Å². The Morgan fingerprint density at radius 3 is 3.00 bits per heavy atom. The fraction of sp³-hybridized carbons (Fsp3) is 0.765. The molecule has 0 aliphatic carbocycles. The lowest BCUT2D eigenvalue weighted by Gasteiger charge is -2.42. The Hall–Kier alpha value is -1.60. The van der Waals surface area contributed by atoms with Gasteiger partial charge in [0.25, 0.3) is 6.02 Å². The maximum atomic E-state index is 10.7. The molecule has 3 heterocycles. The normalized spacial score (nSPS) is 29.8. The van der Waals surface area contributed by atoms with Gasteiger partial charge in [0, 0.05) is 44.6 Å². The minimum absolute atomic E-state index is 0.463. The molecule has 2 fully saturated rings. The van der Waals surface area contributed by atoms with Gasteiger partial charge < -0.3 is 19.7 Å². The second-order valence-corrected chi connectivity index (χ2v) is 7.29. The number of nitrogens with zero attached hydrogens (tertiary/aromatic N) is 4. The summed E-state index contributed by atoms with van der Waals surface area (Å²) in [6.07, 6.45) is 3.80. The molecule has 2 saturated heterocycles. The maximum absolute atomic E-state index is 10.7. The number of imidazole rings is 1. The topological polar surface area (TPSA) is 77.0 Å². The Balaban J connectivity index is 1.75. The van der Waals surface area contributed by atoms with E-state index in [2.05, 4.69) is 38.6 Å². The number of aliphatic hydroxyl groups excluding tert-OH is 1. The molecule has 1 aromatic heterocycles. The predicted octanol–water partition coefficient (Wildman–Crippen LogP) is 1.08. The highest BCUT2D eigenvalue weighted by Gasteiger charge is 2.52. The number of nitrogens with one attached hydrogen (secondary N) is 1. The van der Waals surface area contributed by atoms with Crippen LogP contribution in [0.5, 0.6) is 0 Å².